The molecular formula is C17H21N3O. The molecule has 4 nitrogen and oxygen atoms in total. The van der Waals surface area contributed by atoms with Gasteiger partial charge in [0.15, 0.2) is 0 Å². The van der Waals surface area contributed by atoms with E-state index in [4.69, 9.17) is 4.74 Å². The van der Waals surface area contributed by atoms with Crippen LogP contribution in [0.15, 0.2) is 36.5 Å². The molecule has 0 aromatic carbocycles. The average Bonchev–Trinajstić information content (AvgIpc) is 3.32. The number of nitrogens with one attached hydrogen (secondary N) is 1. The molecule has 0 aliphatic heterocycles. The Labute approximate surface area is 125 Å². The molecule has 1 fully saturated rings. The van der Waals surface area contributed by atoms with Gasteiger partial charge in [0.1, 0.15) is 5.75 Å². The minimum Gasteiger partial charge on any atom is -0.491 e. The van der Waals surface area contributed by atoms with Gasteiger partial charge in [-0.25, -0.2) is 0 Å². The Morgan fingerprint density at radius 2 is 2.14 bits per heavy atom. The fourth-order valence-corrected chi connectivity index (χ4v) is 2.20. The Bertz CT molecular complexity index is 582. The lowest BCUT2D eigenvalue weighted by molar-refractivity contribution is 0.314. The molecule has 1 aliphatic carbocycles. The van der Waals surface area contributed by atoms with Crippen molar-refractivity contribution in [3.8, 4) is 5.75 Å². The molecule has 4 heteroatoms. The quantitative estimate of drug-likeness (QED) is 0.848. The smallest absolute Gasteiger partial charge is 0.142 e. The van der Waals surface area contributed by atoms with E-state index in [9.17, 15) is 0 Å². The first-order chi connectivity index (χ1) is 10.3. The van der Waals surface area contributed by atoms with Crippen LogP contribution in [0.25, 0.3) is 0 Å². The summed E-state index contributed by atoms with van der Waals surface area (Å²) in [6.07, 6.45) is 5.18. The Hall–Kier alpha value is -1.94. The van der Waals surface area contributed by atoms with E-state index < -0.39 is 0 Å². The SMILES string of the molecule is Cc1ccc(OCCc2ccccn2)c(CNC2CC2)n1. The molecule has 0 bridgehead atoms. The normalized spacial score (nSPS) is 14.1. The fraction of sp³-hybridized carbons (Fsp3) is 0.412. The minimum absolute atomic E-state index is 0.623. The van der Waals surface area contributed by atoms with Gasteiger partial charge in [-0.3, -0.25) is 9.97 Å². The monoisotopic (exact) mass is 283 g/mol. The van der Waals surface area contributed by atoms with Gasteiger partial charge in [0, 0.05) is 36.6 Å². The molecule has 2 aromatic rings. The van der Waals surface area contributed by atoms with Gasteiger partial charge in [-0.1, -0.05) is 6.07 Å². The number of rotatable bonds is 7. The van der Waals surface area contributed by atoms with Crippen molar-refractivity contribution in [1.29, 1.82) is 0 Å². The predicted molar refractivity (Wildman–Crippen MR) is 82.3 cm³/mol. The Morgan fingerprint density at radius 3 is 2.90 bits per heavy atom. The van der Waals surface area contributed by atoms with E-state index >= 15 is 0 Å². The number of hydrogen-bond acceptors (Lipinski definition) is 4. The molecule has 1 saturated carbocycles. The van der Waals surface area contributed by atoms with E-state index in [1.54, 1.807) is 0 Å². The predicted octanol–water partition coefficient (Wildman–Crippen LogP) is 2.66. The van der Waals surface area contributed by atoms with E-state index in [0.29, 0.717) is 12.6 Å². The highest BCUT2D eigenvalue weighted by Gasteiger charge is 2.21. The molecule has 0 spiro atoms. The first kappa shape index (κ1) is 14.0. The fourth-order valence-electron chi connectivity index (χ4n) is 2.20. The molecule has 0 radical (unpaired) electrons. The van der Waals surface area contributed by atoms with Crippen molar-refractivity contribution in [2.24, 2.45) is 0 Å². The summed E-state index contributed by atoms with van der Waals surface area (Å²) in [5.74, 6) is 0.879. The first-order valence-corrected chi connectivity index (χ1v) is 7.54. The molecule has 3 rings (SSSR count). The third-order valence-electron chi connectivity index (χ3n) is 3.55. The molecule has 1 aliphatic rings. The molecule has 2 aromatic heterocycles. The van der Waals surface area contributed by atoms with E-state index in [0.717, 1.165) is 35.8 Å². The van der Waals surface area contributed by atoms with Gasteiger partial charge in [0.25, 0.3) is 0 Å². The van der Waals surface area contributed by atoms with Crippen LogP contribution >= 0.6 is 0 Å². The number of hydrogen-bond donors (Lipinski definition) is 1. The van der Waals surface area contributed by atoms with Gasteiger partial charge < -0.3 is 10.1 Å². The van der Waals surface area contributed by atoms with E-state index in [1.807, 2.05) is 43.5 Å². The summed E-state index contributed by atoms with van der Waals surface area (Å²) in [5.41, 5.74) is 3.08. The summed E-state index contributed by atoms with van der Waals surface area (Å²) in [6, 6.07) is 10.6. The molecule has 1 N–H and O–H groups in total. The van der Waals surface area contributed by atoms with Gasteiger partial charge >= 0.3 is 0 Å². The third-order valence-corrected chi connectivity index (χ3v) is 3.55. The lowest BCUT2D eigenvalue weighted by Crippen LogP contribution is -2.17. The second-order valence-electron chi connectivity index (χ2n) is 5.47. The molecule has 2 heterocycles. The van der Waals surface area contributed by atoms with Crippen LogP contribution in [0.2, 0.25) is 0 Å². The molecular weight excluding hydrogens is 262 g/mol. The van der Waals surface area contributed by atoms with Crippen LogP contribution in [0.4, 0.5) is 0 Å². The van der Waals surface area contributed by atoms with Gasteiger partial charge in [0.05, 0.1) is 12.3 Å². The van der Waals surface area contributed by atoms with Crippen molar-refractivity contribution in [3.63, 3.8) is 0 Å². The van der Waals surface area contributed by atoms with Crippen molar-refractivity contribution in [1.82, 2.24) is 15.3 Å². The topological polar surface area (TPSA) is 47.0 Å². The van der Waals surface area contributed by atoms with Crippen LogP contribution < -0.4 is 10.1 Å². The molecule has 0 atom stereocenters. The van der Waals surface area contributed by atoms with Gasteiger partial charge in [-0.15, -0.1) is 0 Å². The van der Waals surface area contributed by atoms with Crippen LogP contribution in [-0.4, -0.2) is 22.6 Å². The lowest BCUT2D eigenvalue weighted by atomic mass is 10.2. The van der Waals surface area contributed by atoms with Crippen LogP contribution in [0, 0.1) is 6.92 Å². The Kier molecular flexibility index (Phi) is 4.46. The van der Waals surface area contributed by atoms with Crippen LogP contribution in [0.1, 0.15) is 29.9 Å². The maximum Gasteiger partial charge on any atom is 0.142 e. The largest absolute Gasteiger partial charge is 0.491 e. The van der Waals surface area contributed by atoms with E-state index in [-0.39, 0.29) is 0 Å². The zero-order valence-electron chi connectivity index (χ0n) is 12.4. The zero-order valence-corrected chi connectivity index (χ0v) is 12.4. The van der Waals surface area contributed by atoms with Crippen molar-refractivity contribution in [2.45, 2.75) is 38.8 Å². The summed E-state index contributed by atoms with van der Waals surface area (Å²) in [4.78, 5) is 8.90. The van der Waals surface area contributed by atoms with Gasteiger partial charge in [-0.2, -0.15) is 0 Å². The summed E-state index contributed by atoms with van der Waals surface area (Å²) in [5, 5.41) is 3.49. The third kappa shape index (κ3) is 4.26. The van der Waals surface area contributed by atoms with Crippen molar-refractivity contribution in [3.05, 3.63) is 53.6 Å². The van der Waals surface area contributed by atoms with Crippen molar-refractivity contribution in [2.75, 3.05) is 6.61 Å². The van der Waals surface area contributed by atoms with Crippen LogP contribution in [0.3, 0.4) is 0 Å². The van der Waals surface area contributed by atoms with Crippen molar-refractivity contribution < 1.29 is 4.74 Å². The molecule has 0 unspecified atom stereocenters. The first-order valence-electron chi connectivity index (χ1n) is 7.54. The summed E-state index contributed by atoms with van der Waals surface area (Å²) in [6.45, 7) is 3.42. The maximum atomic E-state index is 5.91. The number of pyridine rings is 2. The Morgan fingerprint density at radius 1 is 1.24 bits per heavy atom. The zero-order chi connectivity index (χ0) is 14.5. The number of aryl methyl sites for hydroxylation is 1. The second-order valence-corrected chi connectivity index (χ2v) is 5.47. The number of ether oxygens (including phenoxy) is 1. The molecule has 0 saturated heterocycles. The highest BCUT2D eigenvalue weighted by molar-refractivity contribution is 5.29. The standard InChI is InChI=1S/C17H21N3O/c1-13-5-8-17(16(20-13)12-19-15-6-7-15)21-11-9-14-4-2-3-10-18-14/h2-5,8,10,15,19H,6-7,9,11-12H2,1H3. The Balaban J connectivity index is 1.58. The maximum absolute atomic E-state index is 5.91. The number of aromatic nitrogens is 2. The molecule has 0 amide bonds. The number of nitrogens with zero attached hydrogens (tertiary/aromatic N) is 2. The second kappa shape index (κ2) is 6.68. The molecule has 110 valence electrons. The van der Waals surface area contributed by atoms with Crippen molar-refractivity contribution >= 4 is 0 Å². The van der Waals surface area contributed by atoms with E-state index in [1.165, 1.54) is 12.8 Å². The highest BCUT2D eigenvalue weighted by Crippen LogP contribution is 2.22. The molecule has 21 heavy (non-hydrogen) atoms. The summed E-state index contributed by atoms with van der Waals surface area (Å²) in [7, 11) is 0. The average molecular weight is 283 g/mol. The van der Waals surface area contributed by atoms with Crippen LogP contribution in [-0.2, 0) is 13.0 Å². The highest BCUT2D eigenvalue weighted by atomic mass is 16.5. The van der Waals surface area contributed by atoms with Gasteiger partial charge in [0.2, 0.25) is 0 Å². The minimum atomic E-state index is 0.623. The van der Waals surface area contributed by atoms with E-state index in [2.05, 4.69) is 15.3 Å². The lowest BCUT2D eigenvalue weighted by Gasteiger charge is -2.12. The van der Waals surface area contributed by atoms with Gasteiger partial charge in [-0.05, 0) is 44.0 Å². The van der Waals surface area contributed by atoms with Crippen LogP contribution in [0.5, 0.6) is 5.75 Å². The summed E-state index contributed by atoms with van der Waals surface area (Å²) < 4.78 is 5.91. The summed E-state index contributed by atoms with van der Waals surface area (Å²) >= 11 is 0.